The molecule has 9 heteroatoms. The Hall–Kier alpha value is -0.136. The highest BCUT2D eigenvalue weighted by Crippen LogP contribution is 2.22. The van der Waals surface area contributed by atoms with Gasteiger partial charge in [-0.3, -0.25) is 0 Å². The number of nitrogens with one attached hydrogen (secondary N) is 2. The number of hydrogen-bond donors (Lipinski definition) is 2. The van der Waals surface area contributed by atoms with Crippen LogP contribution < -0.4 is 9.80 Å². The molecule has 2 fully saturated rings. The summed E-state index contributed by atoms with van der Waals surface area (Å²) in [6.45, 7) is 16.7. The number of carbonyl (C=O) groups is 1. The van der Waals surface area contributed by atoms with Crippen molar-refractivity contribution in [1.29, 1.82) is 0 Å². The Bertz CT molecular complexity index is 484. The number of urea groups is 1. The maximum atomic E-state index is 13.4. The first-order valence-corrected chi connectivity index (χ1v) is 15.2. The molecular formula is C18H40N2O5Si2+2. The molecule has 2 amide bonds. The molecule has 4 atom stereocenters. The summed E-state index contributed by atoms with van der Waals surface area (Å²) in [4.78, 5) is 15.5. The Balaban J connectivity index is 2.12. The van der Waals surface area contributed by atoms with Crippen LogP contribution in [0.25, 0.3) is 0 Å². The molecular weight excluding hydrogens is 380 g/mol. The number of quaternary nitrogens is 2. The highest BCUT2D eigenvalue weighted by atomic mass is 28.4. The van der Waals surface area contributed by atoms with Crippen molar-refractivity contribution in [3.05, 3.63) is 0 Å². The topological polar surface area (TPSA) is 62.9 Å². The first kappa shape index (κ1) is 23.1. The molecule has 2 saturated heterocycles. The van der Waals surface area contributed by atoms with Crippen molar-refractivity contribution in [2.75, 3.05) is 39.5 Å². The number of carbonyl (C=O) groups excluding carboxylic acids is 1. The van der Waals surface area contributed by atoms with Gasteiger partial charge in [0.2, 0.25) is 0 Å². The molecule has 7 nitrogen and oxygen atoms in total. The van der Waals surface area contributed by atoms with Crippen molar-refractivity contribution in [2.24, 2.45) is 0 Å². The molecule has 0 saturated carbocycles. The normalized spacial score (nSPS) is 28.5. The molecule has 0 aromatic heterocycles. The van der Waals surface area contributed by atoms with Crippen molar-refractivity contribution in [2.45, 2.75) is 71.4 Å². The SMILES string of the molecule is CCO[Si](C)(OCC)C1CC[NH+]1C(=O)[NH+]1CCC1[Si](CC)(OCC)OCC. The minimum Gasteiger partial charge on any atom is -0.391 e. The average Bonchev–Trinajstić information content (AvgIpc) is 2.53. The minimum absolute atomic E-state index is 0.190. The zero-order valence-corrected chi connectivity index (χ0v) is 20.1. The van der Waals surface area contributed by atoms with Gasteiger partial charge in [-0.05, 0) is 40.3 Å². The van der Waals surface area contributed by atoms with Crippen LogP contribution in [-0.4, -0.2) is 74.0 Å². The molecule has 0 aliphatic carbocycles. The van der Waals surface area contributed by atoms with Gasteiger partial charge < -0.3 is 17.7 Å². The summed E-state index contributed by atoms with van der Waals surface area (Å²) in [6.07, 6.45) is 2.03. The van der Waals surface area contributed by atoms with E-state index in [0.717, 1.165) is 41.8 Å². The lowest BCUT2D eigenvalue weighted by Gasteiger charge is -2.47. The van der Waals surface area contributed by atoms with E-state index in [1.165, 1.54) is 0 Å². The van der Waals surface area contributed by atoms with E-state index in [-0.39, 0.29) is 17.4 Å². The van der Waals surface area contributed by atoms with Gasteiger partial charge in [-0.2, -0.15) is 4.79 Å². The van der Waals surface area contributed by atoms with E-state index < -0.39 is 17.1 Å². The van der Waals surface area contributed by atoms with Gasteiger partial charge in [0.1, 0.15) is 11.3 Å². The zero-order chi connectivity index (χ0) is 20.1. The summed E-state index contributed by atoms with van der Waals surface area (Å²) >= 11 is 0. The van der Waals surface area contributed by atoms with Gasteiger partial charge in [-0.1, -0.05) is 6.92 Å². The summed E-state index contributed by atoms with van der Waals surface area (Å²) in [5, 5.41) is 0. The highest BCUT2D eigenvalue weighted by molar-refractivity contribution is 6.69. The van der Waals surface area contributed by atoms with Crippen LogP contribution in [0, 0.1) is 0 Å². The fourth-order valence-corrected chi connectivity index (χ4v) is 11.6. The molecule has 2 heterocycles. The van der Waals surface area contributed by atoms with Crippen molar-refractivity contribution < 1.29 is 32.3 Å². The van der Waals surface area contributed by atoms with Crippen molar-refractivity contribution >= 4 is 23.2 Å². The maximum Gasteiger partial charge on any atom is 0.511 e. The Kier molecular flexibility index (Phi) is 8.63. The van der Waals surface area contributed by atoms with Crippen LogP contribution in [0.15, 0.2) is 0 Å². The van der Waals surface area contributed by atoms with Crippen LogP contribution in [0.4, 0.5) is 4.79 Å². The second-order valence-corrected chi connectivity index (χ2v) is 14.4. The monoisotopic (exact) mass is 420 g/mol. The summed E-state index contributed by atoms with van der Waals surface area (Å²) in [7, 11) is -4.72. The lowest BCUT2D eigenvalue weighted by Crippen LogP contribution is -3.44. The number of amides is 2. The standard InChI is InChI=1S/C18H38N2O5Si2/c1-7-22-26(6,23-8-2)16-12-14-19(16)18(21)20-15-13-17(20)27(11-5,24-9-3)25-10-4/h16-17H,7-15H2,1-6H3/p+2. The number of rotatable bonds is 11. The largest absolute Gasteiger partial charge is 0.511 e. The van der Waals surface area contributed by atoms with E-state index in [4.69, 9.17) is 17.7 Å². The lowest BCUT2D eigenvalue weighted by molar-refractivity contribution is -1.00. The van der Waals surface area contributed by atoms with Crippen molar-refractivity contribution in [1.82, 2.24) is 0 Å². The van der Waals surface area contributed by atoms with E-state index in [1.807, 2.05) is 27.7 Å². The molecule has 2 aliphatic rings. The summed E-state index contributed by atoms with van der Waals surface area (Å²) < 4.78 is 24.5. The smallest absolute Gasteiger partial charge is 0.391 e. The first-order valence-electron chi connectivity index (χ1n) is 10.7. The first-order chi connectivity index (χ1) is 12.9. The van der Waals surface area contributed by atoms with Crippen molar-refractivity contribution in [3.8, 4) is 0 Å². The molecule has 4 unspecified atom stereocenters. The van der Waals surface area contributed by atoms with Crippen LogP contribution in [0.1, 0.15) is 47.5 Å². The third-order valence-corrected chi connectivity index (χ3v) is 14.0. The van der Waals surface area contributed by atoms with E-state index in [9.17, 15) is 4.79 Å². The van der Waals surface area contributed by atoms with Crippen LogP contribution in [0.2, 0.25) is 12.6 Å². The van der Waals surface area contributed by atoms with Crippen LogP contribution in [-0.2, 0) is 17.7 Å². The highest BCUT2D eigenvalue weighted by Gasteiger charge is 2.64. The lowest BCUT2D eigenvalue weighted by atomic mass is 10.2. The van der Waals surface area contributed by atoms with Crippen LogP contribution in [0.3, 0.4) is 0 Å². The molecule has 2 N–H and O–H groups in total. The fraction of sp³-hybridized carbons (Fsp3) is 0.944. The predicted molar refractivity (Wildman–Crippen MR) is 108 cm³/mol. The van der Waals surface area contributed by atoms with Gasteiger partial charge in [-0.15, -0.1) is 0 Å². The molecule has 0 bridgehead atoms. The fourth-order valence-electron chi connectivity index (χ4n) is 4.68. The van der Waals surface area contributed by atoms with Gasteiger partial charge >= 0.3 is 23.2 Å². The second kappa shape index (κ2) is 10.1. The predicted octanol–water partition coefficient (Wildman–Crippen LogP) is 0.179. The van der Waals surface area contributed by atoms with E-state index >= 15 is 0 Å². The number of likely N-dealkylation sites (tertiary alicyclic amines) is 2. The molecule has 0 radical (unpaired) electrons. The van der Waals surface area contributed by atoms with Gasteiger partial charge in [0.15, 0.2) is 0 Å². The van der Waals surface area contributed by atoms with E-state index in [0.29, 0.717) is 26.4 Å². The van der Waals surface area contributed by atoms with Gasteiger partial charge in [0.25, 0.3) is 0 Å². The van der Waals surface area contributed by atoms with Crippen LogP contribution >= 0.6 is 0 Å². The molecule has 0 spiro atoms. The zero-order valence-electron chi connectivity index (χ0n) is 18.1. The number of hydrogen-bond acceptors (Lipinski definition) is 5. The van der Waals surface area contributed by atoms with Crippen molar-refractivity contribution in [3.63, 3.8) is 0 Å². The van der Waals surface area contributed by atoms with Crippen LogP contribution in [0.5, 0.6) is 0 Å². The average molecular weight is 421 g/mol. The second-order valence-electron chi connectivity index (χ2n) is 7.48. The third-order valence-electron chi connectivity index (χ3n) is 6.13. The molecule has 2 aliphatic heterocycles. The molecule has 0 aromatic carbocycles. The minimum atomic E-state index is -2.37. The van der Waals surface area contributed by atoms with Gasteiger partial charge in [-0.25, -0.2) is 9.80 Å². The van der Waals surface area contributed by atoms with Gasteiger partial charge in [0.05, 0.1) is 25.9 Å². The molecule has 0 aromatic rings. The Morgan fingerprint density at radius 2 is 1.26 bits per heavy atom. The van der Waals surface area contributed by atoms with E-state index in [2.05, 4.69) is 13.5 Å². The summed E-state index contributed by atoms with van der Waals surface area (Å²) in [5.74, 6) is 0. The molecule has 158 valence electrons. The Morgan fingerprint density at radius 3 is 1.59 bits per heavy atom. The maximum absolute atomic E-state index is 13.4. The van der Waals surface area contributed by atoms with E-state index in [1.54, 1.807) is 0 Å². The Labute approximate surface area is 166 Å². The van der Waals surface area contributed by atoms with Gasteiger partial charge in [0, 0.05) is 26.4 Å². The molecule has 2 rings (SSSR count). The third kappa shape index (κ3) is 4.56. The summed E-state index contributed by atoms with van der Waals surface area (Å²) in [5.41, 5.74) is 0.395. The summed E-state index contributed by atoms with van der Waals surface area (Å²) in [6, 6.07) is 1.16. The Morgan fingerprint density at radius 1 is 0.815 bits per heavy atom. The molecule has 27 heavy (non-hydrogen) atoms. The quantitative estimate of drug-likeness (QED) is 0.467.